The van der Waals surface area contributed by atoms with Crippen LogP contribution in [0.3, 0.4) is 0 Å². The van der Waals surface area contributed by atoms with Gasteiger partial charge in [-0.05, 0) is 62.1 Å². The van der Waals surface area contributed by atoms with Crippen LogP contribution >= 0.6 is 0 Å². The minimum absolute atomic E-state index is 0.0676. The van der Waals surface area contributed by atoms with Gasteiger partial charge < -0.3 is 11.1 Å². The third-order valence-corrected chi connectivity index (χ3v) is 3.58. The number of nitrogens with two attached hydrogens (primary N) is 1. The van der Waals surface area contributed by atoms with Gasteiger partial charge in [0.25, 0.3) is 5.91 Å². The number of rotatable bonds is 5. The summed E-state index contributed by atoms with van der Waals surface area (Å²) >= 11 is 0. The number of aryl methyl sites for hydroxylation is 3. The molecule has 0 aliphatic heterocycles. The van der Waals surface area contributed by atoms with E-state index < -0.39 is 0 Å². The predicted octanol–water partition coefficient (Wildman–Crippen LogP) is 3.45. The normalized spacial score (nSPS) is 10.4. The quantitative estimate of drug-likeness (QED) is 0.882. The third-order valence-electron chi connectivity index (χ3n) is 3.58. The highest BCUT2D eigenvalue weighted by Crippen LogP contribution is 2.20. The zero-order valence-electron chi connectivity index (χ0n) is 12.6. The summed E-state index contributed by atoms with van der Waals surface area (Å²) in [6, 6.07) is 13.7. The van der Waals surface area contributed by atoms with Crippen LogP contribution in [0.25, 0.3) is 0 Å². The molecule has 1 amide bonds. The summed E-state index contributed by atoms with van der Waals surface area (Å²) in [6.45, 7) is 4.67. The third kappa shape index (κ3) is 3.92. The molecule has 0 aliphatic rings. The van der Waals surface area contributed by atoms with Crippen molar-refractivity contribution in [2.24, 2.45) is 5.73 Å². The van der Waals surface area contributed by atoms with Crippen LogP contribution < -0.4 is 11.1 Å². The molecule has 0 saturated carbocycles. The lowest BCUT2D eigenvalue weighted by atomic mass is 10.0. The molecule has 0 unspecified atom stereocenters. The zero-order valence-corrected chi connectivity index (χ0v) is 12.6. The van der Waals surface area contributed by atoms with Gasteiger partial charge in [0.05, 0.1) is 0 Å². The maximum atomic E-state index is 12.4. The van der Waals surface area contributed by atoms with Gasteiger partial charge in [-0.1, -0.05) is 30.3 Å². The van der Waals surface area contributed by atoms with Gasteiger partial charge in [0.1, 0.15) is 0 Å². The Hall–Kier alpha value is -2.13. The molecule has 0 spiro atoms. The van der Waals surface area contributed by atoms with E-state index in [1.165, 1.54) is 0 Å². The van der Waals surface area contributed by atoms with Crippen LogP contribution in [0.5, 0.6) is 0 Å². The summed E-state index contributed by atoms with van der Waals surface area (Å²) in [5, 5.41) is 3.01. The molecule has 0 heterocycles. The molecular formula is C18H22N2O. The molecule has 3 N–H and O–H groups in total. The van der Waals surface area contributed by atoms with Gasteiger partial charge in [0.2, 0.25) is 0 Å². The minimum atomic E-state index is -0.0676. The molecule has 0 aromatic heterocycles. The molecule has 0 atom stereocenters. The molecule has 2 rings (SSSR count). The second kappa shape index (κ2) is 7.04. The van der Waals surface area contributed by atoms with E-state index in [9.17, 15) is 4.79 Å². The lowest BCUT2D eigenvalue weighted by Crippen LogP contribution is -2.14. The number of carbonyl (C=O) groups is 1. The Labute approximate surface area is 126 Å². The Balaban J connectivity index is 2.17. The first-order chi connectivity index (χ1) is 10.1. The van der Waals surface area contributed by atoms with Crippen molar-refractivity contribution in [2.45, 2.75) is 26.7 Å². The molecule has 3 heteroatoms. The molecular weight excluding hydrogens is 260 g/mol. The number of nitrogens with one attached hydrogen (secondary N) is 1. The molecule has 110 valence electrons. The predicted molar refractivity (Wildman–Crippen MR) is 87.7 cm³/mol. The van der Waals surface area contributed by atoms with Crippen LogP contribution in [0.2, 0.25) is 0 Å². The number of carbonyl (C=O) groups excluding carboxylic acids is 1. The Morgan fingerprint density at radius 1 is 1.10 bits per heavy atom. The number of amides is 1. The number of hydrogen-bond acceptors (Lipinski definition) is 2. The fourth-order valence-corrected chi connectivity index (χ4v) is 2.37. The second-order valence-electron chi connectivity index (χ2n) is 5.31. The average Bonchev–Trinajstić information content (AvgIpc) is 2.49. The molecule has 2 aromatic rings. The van der Waals surface area contributed by atoms with Crippen molar-refractivity contribution in [3.05, 3.63) is 64.7 Å². The van der Waals surface area contributed by atoms with Gasteiger partial charge in [-0.2, -0.15) is 0 Å². The van der Waals surface area contributed by atoms with Gasteiger partial charge >= 0.3 is 0 Å². The maximum absolute atomic E-state index is 12.4. The molecule has 0 fully saturated rings. The van der Waals surface area contributed by atoms with Crippen LogP contribution in [-0.2, 0) is 6.42 Å². The van der Waals surface area contributed by atoms with E-state index in [1.807, 2.05) is 56.3 Å². The van der Waals surface area contributed by atoms with E-state index in [2.05, 4.69) is 5.32 Å². The van der Waals surface area contributed by atoms with Gasteiger partial charge in [0.15, 0.2) is 0 Å². The lowest BCUT2D eigenvalue weighted by molar-refractivity contribution is 0.102. The van der Waals surface area contributed by atoms with E-state index in [-0.39, 0.29) is 5.91 Å². The minimum Gasteiger partial charge on any atom is -0.330 e. The number of benzene rings is 2. The van der Waals surface area contributed by atoms with Crippen molar-refractivity contribution in [3.63, 3.8) is 0 Å². The summed E-state index contributed by atoms with van der Waals surface area (Å²) in [5.41, 5.74) is 10.4. The zero-order chi connectivity index (χ0) is 15.2. The molecule has 0 radical (unpaired) electrons. The smallest absolute Gasteiger partial charge is 0.255 e. The summed E-state index contributed by atoms with van der Waals surface area (Å²) in [7, 11) is 0. The summed E-state index contributed by atoms with van der Waals surface area (Å²) in [5.74, 6) is -0.0676. The van der Waals surface area contributed by atoms with Gasteiger partial charge in [-0.3, -0.25) is 4.79 Å². The molecule has 21 heavy (non-hydrogen) atoms. The Kier molecular flexibility index (Phi) is 5.12. The molecule has 3 nitrogen and oxygen atoms in total. The monoisotopic (exact) mass is 282 g/mol. The van der Waals surface area contributed by atoms with Gasteiger partial charge in [-0.25, -0.2) is 0 Å². The van der Waals surface area contributed by atoms with E-state index in [1.54, 1.807) is 0 Å². The first-order valence-corrected chi connectivity index (χ1v) is 7.28. The highest BCUT2D eigenvalue weighted by molar-refractivity contribution is 6.05. The van der Waals surface area contributed by atoms with Crippen LogP contribution in [0, 0.1) is 13.8 Å². The van der Waals surface area contributed by atoms with E-state index in [4.69, 9.17) is 5.73 Å². The number of hydrogen-bond donors (Lipinski definition) is 2. The Bertz CT molecular complexity index is 615. The van der Waals surface area contributed by atoms with Crippen LogP contribution in [0.15, 0.2) is 42.5 Å². The fraction of sp³-hybridized carbons (Fsp3) is 0.278. The van der Waals surface area contributed by atoms with E-state index >= 15 is 0 Å². The second-order valence-corrected chi connectivity index (χ2v) is 5.31. The van der Waals surface area contributed by atoms with Crippen molar-refractivity contribution in [1.82, 2.24) is 0 Å². The largest absolute Gasteiger partial charge is 0.330 e. The van der Waals surface area contributed by atoms with E-state index in [0.717, 1.165) is 35.2 Å². The first-order valence-electron chi connectivity index (χ1n) is 7.28. The van der Waals surface area contributed by atoms with Crippen LogP contribution in [-0.4, -0.2) is 12.5 Å². The topological polar surface area (TPSA) is 55.1 Å². The molecule has 0 bridgehead atoms. The summed E-state index contributed by atoms with van der Waals surface area (Å²) in [4.78, 5) is 12.4. The highest BCUT2D eigenvalue weighted by Gasteiger charge is 2.10. The molecule has 0 aliphatic carbocycles. The molecule has 0 saturated heterocycles. The van der Waals surface area contributed by atoms with Crippen LogP contribution in [0.1, 0.15) is 33.5 Å². The molecule has 2 aromatic carbocycles. The van der Waals surface area contributed by atoms with Gasteiger partial charge in [0, 0.05) is 11.3 Å². The summed E-state index contributed by atoms with van der Waals surface area (Å²) in [6.07, 6.45) is 1.84. The van der Waals surface area contributed by atoms with Crippen molar-refractivity contribution >= 4 is 11.6 Å². The van der Waals surface area contributed by atoms with E-state index in [0.29, 0.717) is 12.1 Å². The average molecular weight is 282 g/mol. The summed E-state index contributed by atoms with van der Waals surface area (Å²) < 4.78 is 0. The van der Waals surface area contributed by atoms with Crippen LogP contribution in [0.4, 0.5) is 5.69 Å². The SMILES string of the molecule is Cc1cccc(C)c1NC(=O)c1cccc(CCCN)c1. The highest BCUT2D eigenvalue weighted by atomic mass is 16.1. The van der Waals surface area contributed by atoms with Crippen molar-refractivity contribution in [3.8, 4) is 0 Å². The van der Waals surface area contributed by atoms with Gasteiger partial charge in [-0.15, -0.1) is 0 Å². The fourth-order valence-electron chi connectivity index (χ4n) is 2.37. The standard InChI is InChI=1S/C18H22N2O/c1-13-6-3-7-14(2)17(13)20-18(21)16-10-4-8-15(12-16)9-5-11-19/h3-4,6-8,10,12H,5,9,11,19H2,1-2H3,(H,20,21). The maximum Gasteiger partial charge on any atom is 0.255 e. The Morgan fingerprint density at radius 3 is 2.43 bits per heavy atom. The number of anilines is 1. The number of para-hydroxylation sites is 1. The Morgan fingerprint density at radius 2 is 1.76 bits per heavy atom. The van der Waals surface area contributed by atoms with Crippen molar-refractivity contribution < 1.29 is 4.79 Å². The van der Waals surface area contributed by atoms with Crippen molar-refractivity contribution in [1.29, 1.82) is 0 Å². The first kappa shape index (κ1) is 15.3. The lowest BCUT2D eigenvalue weighted by Gasteiger charge is -2.12. The van der Waals surface area contributed by atoms with Crippen molar-refractivity contribution in [2.75, 3.05) is 11.9 Å².